The molecular formula is C44H49N7O5. The fraction of sp³-hybridized carbons (Fsp3) is 0.409. The summed E-state index contributed by atoms with van der Waals surface area (Å²) in [5.74, 6) is 1.77. The van der Waals surface area contributed by atoms with Crippen LogP contribution in [0.5, 0.6) is 0 Å². The summed E-state index contributed by atoms with van der Waals surface area (Å²) in [6, 6.07) is 19.8. The maximum atomic E-state index is 13.6. The molecule has 7 atom stereocenters. The normalized spacial score (nSPS) is 23.7. The maximum absolute atomic E-state index is 13.6. The van der Waals surface area contributed by atoms with Crippen molar-refractivity contribution in [2.24, 2.45) is 28.7 Å². The number of likely N-dealkylation sites (tertiary alicyclic amines) is 1. The van der Waals surface area contributed by atoms with E-state index < -0.39 is 18.2 Å². The number of aliphatic imine (C=N–C) groups is 1. The average molecular weight is 756 g/mol. The number of aromatic nitrogens is 3. The molecule has 0 radical (unpaired) electrons. The van der Waals surface area contributed by atoms with Crippen molar-refractivity contribution < 1.29 is 23.9 Å². The molecule has 1 saturated heterocycles. The summed E-state index contributed by atoms with van der Waals surface area (Å²) in [5.41, 5.74) is 8.58. The van der Waals surface area contributed by atoms with E-state index in [1.54, 1.807) is 24.2 Å². The number of allylic oxidation sites excluding steroid dienone is 1. The summed E-state index contributed by atoms with van der Waals surface area (Å²) >= 11 is 0. The Morgan fingerprint density at radius 3 is 2.38 bits per heavy atom. The molecule has 2 aliphatic heterocycles. The first-order valence-corrected chi connectivity index (χ1v) is 19.7. The van der Waals surface area contributed by atoms with E-state index in [4.69, 9.17) is 14.5 Å². The van der Waals surface area contributed by atoms with E-state index in [-0.39, 0.29) is 29.7 Å². The number of rotatable bonds is 12. The monoisotopic (exact) mass is 755 g/mol. The van der Waals surface area contributed by atoms with Gasteiger partial charge in [-0.2, -0.15) is 0 Å². The van der Waals surface area contributed by atoms with Gasteiger partial charge in [0.2, 0.25) is 11.8 Å². The summed E-state index contributed by atoms with van der Waals surface area (Å²) < 4.78 is 10.2. The van der Waals surface area contributed by atoms with Crippen LogP contribution >= 0.6 is 0 Å². The van der Waals surface area contributed by atoms with Gasteiger partial charge in [0.15, 0.2) is 0 Å². The summed E-state index contributed by atoms with van der Waals surface area (Å²) in [4.78, 5) is 58.2. The zero-order chi connectivity index (χ0) is 38.8. The molecule has 3 N–H and O–H groups in total. The highest BCUT2D eigenvalue weighted by Gasteiger charge is 2.52. The molecule has 4 heterocycles. The van der Waals surface area contributed by atoms with Gasteiger partial charge in [-0.15, -0.1) is 0 Å². The van der Waals surface area contributed by atoms with Crippen LogP contribution in [0.25, 0.3) is 28.0 Å². The lowest BCUT2D eigenvalue weighted by atomic mass is 9.75. The van der Waals surface area contributed by atoms with Crippen LogP contribution in [0.3, 0.4) is 0 Å². The van der Waals surface area contributed by atoms with Gasteiger partial charge in [-0.25, -0.2) is 9.78 Å². The van der Waals surface area contributed by atoms with Crippen LogP contribution in [0.4, 0.5) is 4.79 Å². The molecule has 2 aromatic heterocycles. The number of imidazole rings is 1. The Kier molecular flexibility index (Phi) is 10.8. The Balaban J connectivity index is 0.889. The number of fused-ring (bicyclic) bond motifs is 2. The van der Waals surface area contributed by atoms with Crippen molar-refractivity contribution in [1.82, 2.24) is 30.5 Å². The first-order chi connectivity index (χ1) is 27.3. The molecule has 2 bridgehead atoms. The predicted molar refractivity (Wildman–Crippen MR) is 213 cm³/mol. The fourth-order valence-electron chi connectivity index (χ4n) is 9.35. The minimum atomic E-state index is -0.881. The largest absolute Gasteiger partial charge is 0.453 e. The number of aromatic amines is 1. The van der Waals surface area contributed by atoms with Gasteiger partial charge < -0.3 is 30.0 Å². The van der Waals surface area contributed by atoms with Gasteiger partial charge in [0.05, 0.1) is 31.1 Å². The Labute approximate surface area is 327 Å². The number of methoxy groups -OCH3 is 2. The van der Waals surface area contributed by atoms with Crippen LogP contribution in [0, 0.1) is 23.7 Å². The third-order valence-corrected chi connectivity index (χ3v) is 12.3. The number of ether oxygens (including phenoxy) is 2. The predicted octanol–water partition coefficient (Wildman–Crippen LogP) is 6.73. The lowest BCUT2D eigenvalue weighted by Gasteiger charge is -2.30. The molecule has 56 heavy (non-hydrogen) atoms. The summed E-state index contributed by atoms with van der Waals surface area (Å²) in [6.45, 7) is 2.80. The molecule has 3 amide bonds. The van der Waals surface area contributed by atoms with Gasteiger partial charge >= 0.3 is 6.09 Å². The number of benzene rings is 2. The molecule has 12 heteroatoms. The lowest BCUT2D eigenvalue weighted by Crippen LogP contribution is -2.54. The van der Waals surface area contributed by atoms with Gasteiger partial charge in [-0.05, 0) is 90.3 Å². The van der Waals surface area contributed by atoms with Gasteiger partial charge in [-0.3, -0.25) is 19.6 Å². The van der Waals surface area contributed by atoms with E-state index in [2.05, 4.69) is 74.1 Å². The summed E-state index contributed by atoms with van der Waals surface area (Å²) in [7, 11) is 2.78. The molecule has 2 unspecified atom stereocenters. The van der Waals surface area contributed by atoms with Crippen LogP contribution in [0.2, 0.25) is 0 Å². The second-order valence-electron chi connectivity index (χ2n) is 15.5. The number of carbonyl (C=O) groups excluding carboxylic acids is 3. The Morgan fingerprint density at radius 2 is 1.66 bits per heavy atom. The van der Waals surface area contributed by atoms with Crippen molar-refractivity contribution in [3.8, 4) is 22.4 Å². The molecule has 2 saturated carbocycles. The first kappa shape index (κ1) is 37.3. The molecule has 2 aliphatic carbocycles. The standard InChI is InChI=1S/C44H49N7O5/c1-26(55-2)40(50-44(54)56-3)43(53)51-19-5-7-37(51)41-47-25-36(49-41)31-14-12-29(13-15-31)28-8-10-30(11-9-28)34-21-35(46-24-34)38-32-16-17-33(20-32)39(38)42(52)48-23-27-6-4-18-45-22-27/h4,6,8-15,18,22,24-26,32-33,37-40H,5,7,16-17,19-21,23H2,1-3H3,(H,47,49)(H,48,52)(H,50,54)/t26-,32?,33?,37+,38-,39+,40+/m1/s1. The van der Waals surface area contributed by atoms with Crippen LogP contribution in [0.1, 0.15) is 68.4 Å². The van der Waals surface area contributed by atoms with Crippen LogP contribution in [0.15, 0.2) is 90.4 Å². The van der Waals surface area contributed by atoms with Crippen LogP contribution in [-0.4, -0.2) is 76.4 Å². The molecule has 12 nitrogen and oxygen atoms in total. The number of carbonyl (C=O) groups is 3. The van der Waals surface area contributed by atoms with Crippen molar-refractivity contribution in [3.63, 3.8) is 0 Å². The average Bonchev–Trinajstić information content (AvgIpc) is 4.10. The van der Waals surface area contributed by atoms with Crippen molar-refractivity contribution in [1.29, 1.82) is 0 Å². The van der Waals surface area contributed by atoms with E-state index in [1.165, 1.54) is 26.2 Å². The molecule has 4 aromatic rings. The number of H-pyrrole nitrogens is 1. The number of nitrogens with zero attached hydrogens (tertiary/aromatic N) is 4. The molecule has 0 spiro atoms. The number of alkyl carbamates (subject to hydrolysis) is 1. The van der Waals surface area contributed by atoms with E-state index in [0.29, 0.717) is 30.7 Å². The molecule has 2 aromatic carbocycles. The highest BCUT2D eigenvalue weighted by molar-refractivity contribution is 6.02. The lowest BCUT2D eigenvalue weighted by molar-refractivity contribution is -0.137. The SMILES string of the molecule is COC(=O)N[C@H](C(=O)N1CCC[C@H]1c1ncc(-c2ccc(-c3ccc(C4=CN=C([C@H]5C6CCC(C6)[C@@H]5C(=O)NCc5cccnc5)C4)cc3)cc2)[nH]1)[C@@H](C)OC. The highest BCUT2D eigenvalue weighted by Crippen LogP contribution is 2.54. The van der Waals surface area contributed by atoms with Crippen molar-refractivity contribution in [3.05, 3.63) is 102 Å². The Bertz CT molecular complexity index is 2110. The number of pyridine rings is 1. The van der Waals surface area contributed by atoms with E-state index in [0.717, 1.165) is 71.3 Å². The number of hydrogen-bond donors (Lipinski definition) is 3. The first-order valence-electron chi connectivity index (χ1n) is 19.7. The maximum Gasteiger partial charge on any atom is 0.407 e. The quantitative estimate of drug-likeness (QED) is 0.145. The summed E-state index contributed by atoms with van der Waals surface area (Å²) in [6.07, 6.45) is 11.9. The van der Waals surface area contributed by atoms with E-state index in [1.807, 2.05) is 24.5 Å². The van der Waals surface area contributed by atoms with Gasteiger partial charge in [0.25, 0.3) is 0 Å². The van der Waals surface area contributed by atoms with E-state index >= 15 is 0 Å². The van der Waals surface area contributed by atoms with Gasteiger partial charge in [0.1, 0.15) is 11.9 Å². The third kappa shape index (κ3) is 7.49. The third-order valence-electron chi connectivity index (χ3n) is 12.3. The second kappa shape index (κ2) is 16.2. The van der Waals surface area contributed by atoms with Crippen LogP contribution < -0.4 is 10.6 Å². The number of nitrogens with one attached hydrogen (secondary N) is 3. The highest BCUT2D eigenvalue weighted by atomic mass is 16.5. The molecule has 4 aliphatic rings. The Morgan fingerprint density at radius 1 is 0.929 bits per heavy atom. The van der Waals surface area contributed by atoms with Crippen LogP contribution in [-0.2, 0) is 25.6 Å². The summed E-state index contributed by atoms with van der Waals surface area (Å²) in [5, 5.41) is 5.84. The number of hydrogen-bond acceptors (Lipinski definition) is 8. The molecular weight excluding hydrogens is 707 g/mol. The van der Waals surface area contributed by atoms with E-state index in [9.17, 15) is 14.4 Å². The van der Waals surface area contributed by atoms with Crippen molar-refractivity contribution in [2.75, 3.05) is 20.8 Å². The minimum Gasteiger partial charge on any atom is -0.453 e. The van der Waals surface area contributed by atoms with Gasteiger partial charge in [0, 0.05) is 62.8 Å². The second-order valence-corrected chi connectivity index (χ2v) is 15.5. The number of amides is 3. The fourth-order valence-corrected chi connectivity index (χ4v) is 9.35. The minimum absolute atomic E-state index is 0.0168. The molecule has 290 valence electrons. The smallest absolute Gasteiger partial charge is 0.407 e. The topological polar surface area (TPSA) is 151 Å². The van der Waals surface area contributed by atoms with Gasteiger partial charge in [-0.1, -0.05) is 54.6 Å². The molecule has 3 fully saturated rings. The van der Waals surface area contributed by atoms with Crippen molar-refractivity contribution in [2.45, 2.75) is 70.2 Å². The Hall–Kier alpha value is -5.62. The van der Waals surface area contributed by atoms with Crippen molar-refractivity contribution >= 4 is 29.2 Å². The zero-order valence-electron chi connectivity index (χ0n) is 32.1. The zero-order valence-corrected chi connectivity index (χ0v) is 32.1. The molecule has 8 rings (SSSR count).